The van der Waals surface area contributed by atoms with Crippen molar-refractivity contribution >= 4 is 40.3 Å². The van der Waals surface area contributed by atoms with E-state index in [1.54, 1.807) is 16.6 Å². The summed E-state index contributed by atoms with van der Waals surface area (Å²) in [4.78, 5) is 18.9. The molecule has 0 saturated carbocycles. The van der Waals surface area contributed by atoms with E-state index >= 15 is 0 Å². The molecule has 1 aliphatic heterocycles. The van der Waals surface area contributed by atoms with Crippen LogP contribution < -0.4 is 16.4 Å². The number of rotatable bonds is 5. The van der Waals surface area contributed by atoms with Crippen LogP contribution >= 0.6 is 11.6 Å². The molecule has 0 unspecified atom stereocenters. The molecule has 9 nitrogen and oxygen atoms in total. The summed E-state index contributed by atoms with van der Waals surface area (Å²) in [6, 6.07) is 11.5. The summed E-state index contributed by atoms with van der Waals surface area (Å²) >= 11 is 5.64. The lowest BCUT2D eigenvalue weighted by Gasteiger charge is -2.23. The van der Waals surface area contributed by atoms with E-state index in [4.69, 9.17) is 17.3 Å². The average molecular weight is 547 g/mol. The van der Waals surface area contributed by atoms with Crippen molar-refractivity contribution in [3.63, 3.8) is 0 Å². The van der Waals surface area contributed by atoms with E-state index in [2.05, 4.69) is 30.4 Å². The monoisotopic (exact) mass is 546 g/mol. The number of benzene rings is 2. The molecule has 1 fully saturated rings. The third-order valence-corrected chi connectivity index (χ3v) is 6.50. The van der Waals surface area contributed by atoms with Crippen LogP contribution in [0.25, 0.3) is 16.6 Å². The summed E-state index contributed by atoms with van der Waals surface area (Å²) in [7, 11) is 0. The van der Waals surface area contributed by atoms with Crippen molar-refractivity contribution in [3.05, 3.63) is 71.1 Å². The standard InChI is InChI=1S/C25H23ClF3N7O2/c26-21-6-5-17(11-20(21)25(27,28)29)34-24(37)33-16-3-1-15(2-4-16)19-12-18(13-35-7-9-38-10-8-35)36-22(19)23(30)31-14-32-36/h1-6,11-12,14H,7-10,13H2,(H2,30,31,32)(H2,33,34,37)/p+1. The minimum Gasteiger partial charge on any atom is -0.432 e. The Balaban J connectivity index is 1.33. The number of nitrogens with zero attached hydrogens (tertiary/aromatic N) is 4. The smallest absolute Gasteiger partial charge is 0.417 e. The van der Waals surface area contributed by atoms with E-state index in [0.717, 1.165) is 55.3 Å². The van der Waals surface area contributed by atoms with Crippen LogP contribution in [0, 0.1) is 0 Å². The average Bonchev–Trinajstić information content (AvgIpc) is 3.25. The highest BCUT2D eigenvalue weighted by Crippen LogP contribution is 2.36. The number of alkyl halides is 3. The van der Waals surface area contributed by atoms with Gasteiger partial charge >= 0.3 is 12.2 Å². The maximum atomic E-state index is 13.1. The number of carbonyl (C=O) groups is 1. The van der Waals surface area contributed by atoms with Gasteiger partial charge in [0.25, 0.3) is 0 Å². The van der Waals surface area contributed by atoms with E-state index in [1.807, 2.05) is 18.2 Å². The number of carbonyl (C=O) groups excluding carboxylic acids is 1. The number of hydrogen-bond acceptors (Lipinski definition) is 5. The van der Waals surface area contributed by atoms with E-state index in [-0.39, 0.29) is 5.69 Å². The number of nitrogens with one attached hydrogen (secondary N) is 2. The number of urea groups is 1. The summed E-state index contributed by atoms with van der Waals surface area (Å²) < 4.78 is 45.5. The number of nitrogens with two attached hydrogens (primary N) is 1. The van der Waals surface area contributed by atoms with Gasteiger partial charge in [0.05, 0.1) is 29.4 Å². The van der Waals surface area contributed by atoms with Gasteiger partial charge in [0.1, 0.15) is 11.8 Å². The Kier molecular flexibility index (Phi) is 7.11. The molecule has 38 heavy (non-hydrogen) atoms. The third-order valence-electron chi connectivity index (χ3n) is 6.17. The lowest BCUT2D eigenvalue weighted by atomic mass is 10.1. The minimum atomic E-state index is -4.64. The van der Waals surface area contributed by atoms with Crippen LogP contribution in [-0.2, 0) is 12.7 Å². The predicted octanol–water partition coefficient (Wildman–Crippen LogP) is 4.64. The first-order chi connectivity index (χ1) is 18.2. The zero-order valence-corrected chi connectivity index (χ0v) is 20.7. The molecule has 5 N–H and O–H groups in total. The van der Waals surface area contributed by atoms with Gasteiger partial charge in [-0.2, -0.15) is 18.3 Å². The topological polar surface area (TPSA) is 113 Å². The summed E-state index contributed by atoms with van der Waals surface area (Å²) in [6.45, 7) is 4.04. The lowest BCUT2D eigenvalue weighted by molar-refractivity contribution is -0.137. The SMILES string of the molecule is Nc1ncnn2c(CN3CC[OH+]CC3)cc(-c3ccc(NC(=O)Nc4ccc(Cl)c(C(F)(F)F)c4)cc3)c12. The molecular weight excluding hydrogens is 523 g/mol. The van der Waals surface area contributed by atoms with Gasteiger partial charge in [-0.25, -0.2) is 14.3 Å². The number of aliphatic hydroxyl groups is 2. The van der Waals surface area contributed by atoms with E-state index in [9.17, 15) is 18.0 Å². The molecular formula is C25H24ClF3N7O2+. The summed E-state index contributed by atoms with van der Waals surface area (Å²) in [5, 5.41) is 8.97. The van der Waals surface area contributed by atoms with Crippen LogP contribution in [-0.4, -0.2) is 56.6 Å². The highest BCUT2D eigenvalue weighted by Gasteiger charge is 2.33. The summed E-state index contributed by atoms with van der Waals surface area (Å²) in [5.74, 6) is 0.345. The molecule has 198 valence electrons. The Bertz CT molecular complexity index is 1470. The van der Waals surface area contributed by atoms with Crippen LogP contribution in [0.5, 0.6) is 0 Å². The van der Waals surface area contributed by atoms with Gasteiger partial charge < -0.3 is 21.1 Å². The Morgan fingerprint density at radius 3 is 2.45 bits per heavy atom. The van der Waals surface area contributed by atoms with Gasteiger partial charge in [0, 0.05) is 23.5 Å². The molecule has 0 spiro atoms. The number of fused-ring (bicyclic) bond motifs is 1. The number of ether oxygens (including phenoxy) is 1. The number of aromatic nitrogens is 3. The fourth-order valence-corrected chi connectivity index (χ4v) is 4.57. The van der Waals surface area contributed by atoms with Crippen LogP contribution in [0.15, 0.2) is 54.9 Å². The third kappa shape index (κ3) is 5.52. The van der Waals surface area contributed by atoms with E-state index < -0.39 is 22.8 Å². The molecule has 13 heteroatoms. The van der Waals surface area contributed by atoms with Gasteiger partial charge in [-0.3, -0.25) is 4.90 Å². The fraction of sp³-hybridized carbons (Fsp3) is 0.240. The molecule has 3 heterocycles. The molecule has 4 aromatic rings. The van der Waals surface area contributed by atoms with Gasteiger partial charge in [0.15, 0.2) is 19.0 Å². The van der Waals surface area contributed by atoms with Gasteiger partial charge in [-0.1, -0.05) is 23.7 Å². The highest BCUT2D eigenvalue weighted by atomic mass is 35.5. The zero-order chi connectivity index (χ0) is 26.9. The highest BCUT2D eigenvalue weighted by molar-refractivity contribution is 6.31. The Morgan fingerprint density at radius 1 is 1.05 bits per heavy atom. The minimum absolute atomic E-state index is 0.0403. The van der Waals surface area contributed by atoms with Crippen molar-refractivity contribution in [2.24, 2.45) is 0 Å². The maximum absolute atomic E-state index is 13.1. The zero-order valence-electron chi connectivity index (χ0n) is 20.0. The van der Waals surface area contributed by atoms with Gasteiger partial charge in [0.2, 0.25) is 0 Å². The second-order valence-corrected chi connectivity index (χ2v) is 9.16. The largest absolute Gasteiger partial charge is 0.432 e. The van der Waals surface area contributed by atoms with E-state index in [0.29, 0.717) is 23.6 Å². The fourth-order valence-electron chi connectivity index (χ4n) is 4.35. The van der Waals surface area contributed by atoms with Gasteiger partial charge in [-0.05, 0) is 42.0 Å². The molecule has 0 aliphatic carbocycles. The van der Waals surface area contributed by atoms with Crippen molar-refractivity contribution in [2.45, 2.75) is 12.7 Å². The normalized spacial score (nSPS) is 14.5. The first-order valence-electron chi connectivity index (χ1n) is 11.7. The van der Waals surface area contributed by atoms with Crippen molar-refractivity contribution in [3.8, 4) is 11.1 Å². The van der Waals surface area contributed by atoms with Crippen molar-refractivity contribution in [2.75, 3.05) is 42.7 Å². The number of anilines is 3. The maximum Gasteiger partial charge on any atom is 0.417 e. The first kappa shape index (κ1) is 25.8. The Morgan fingerprint density at radius 2 is 1.74 bits per heavy atom. The number of hydrogen-bond donors (Lipinski definition) is 3. The predicted molar refractivity (Wildman–Crippen MR) is 139 cm³/mol. The number of halogens is 4. The second-order valence-electron chi connectivity index (χ2n) is 8.75. The number of amides is 2. The molecule has 0 bridgehead atoms. The van der Waals surface area contributed by atoms with E-state index in [1.165, 1.54) is 12.4 Å². The Hall–Kier alpha value is -3.87. The van der Waals surface area contributed by atoms with Crippen molar-refractivity contribution < 1.29 is 22.7 Å². The Labute approximate surface area is 220 Å². The van der Waals surface area contributed by atoms with Crippen LogP contribution in [0.1, 0.15) is 11.3 Å². The first-order valence-corrected chi connectivity index (χ1v) is 12.1. The quantitative estimate of drug-likeness (QED) is 0.316. The van der Waals surface area contributed by atoms with Gasteiger partial charge in [-0.15, -0.1) is 0 Å². The summed E-state index contributed by atoms with van der Waals surface area (Å²) in [6.07, 6.45) is -3.21. The summed E-state index contributed by atoms with van der Waals surface area (Å²) in [5.41, 5.74) is 8.92. The molecule has 2 aromatic heterocycles. The molecule has 2 aromatic carbocycles. The molecule has 1 aliphatic rings. The van der Waals surface area contributed by atoms with Crippen molar-refractivity contribution in [1.82, 2.24) is 19.5 Å². The lowest BCUT2D eigenvalue weighted by Crippen LogP contribution is -2.37. The molecule has 0 radical (unpaired) electrons. The second kappa shape index (κ2) is 10.5. The molecule has 1 saturated heterocycles. The van der Waals surface area contributed by atoms with Crippen LogP contribution in [0.4, 0.5) is 35.2 Å². The molecule has 5 rings (SSSR count). The van der Waals surface area contributed by atoms with Crippen molar-refractivity contribution in [1.29, 1.82) is 0 Å². The number of nitrogen functional groups attached to an aromatic ring is 1. The molecule has 0 atom stereocenters. The molecule has 2 amide bonds. The number of morpholine rings is 1. The van der Waals surface area contributed by atoms with Crippen LogP contribution in [0.3, 0.4) is 0 Å². The van der Waals surface area contributed by atoms with Crippen LogP contribution in [0.2, 0.25) is 5.02 Å².